The van der Waals surface area contributed by atoms with E-state index in [0.29, 0.717) is 5.56 Å². The molecule has 0 saturated carbocycles. The lowest BCUT2D eigenvalue weighted by molar-refractivity contribution is -0.122. The molecular formula is C36H42N6O2. The van der Waals surface area contributed by atoms with Crippen LogP contribution in [0.4, 0.5) is 5.69 Å². The summed E-state index contributed by atoms with van der Waals surface area (Å²) >= 11 is 0. The van der Waals surface area contributed by atoms with Gasteiger partial charge in [-0.1, -0.05) is 60.7 Å². The average Bonchev–Trinajstić information content (AvgIpc) is 3.06. The Kier molecular flexibility index (Phi) is 9.48. The average molecular weight is 591 g/mol. The van der Waals surface area contributed by atoms with Crippen LogP contribution in [0.3, 0.4) is 0 Å². The fourth-order valence-corrected chi connectivity index (χ4v) is 6.18. The summed E-state index contributed by atoms with van der Waals surface area (Å²) in [5, 5.41) is 6.96. The minimum Gasteiger partial charge on any atom is -0.369 e. The predicted molar refractivity (Wildman–Crippen MR) is 177 cm³/mol. The first-order valence-corrected chi connectivity index (χ1v) is 15.8. The van der Waals surface area contributed by atoms with Crippen molar-refractivity contribution in [3.63, 3.8) is 0 Å². The van der Waals surface area contributed by atoms with Crippen LogP contribution in [0, 0.1) is 0 Å². The zero-order valence-electron chi connectivity index (χ0n) is 25.5. The van der Waals surface area contributed by atoms with Gasteiger partial charge < -0.3 is 20.4 Å². The summed E-state index contributed by atoms with van der Waals surface area (Å²) < 4.78 is 0. The summed E-state index contributed by atoms with van der Waals surface area (Å²) in [7, 11) is 2.16. The third-order valence-electron chi connectivity index (χ3n) is 8.83. The van der Waals surface area contributed by atoms with Gasteiger partial charge in [-0.25, -0.2) is 4.98 Å². The number of anilines is 1. The van der Waals surface area contributed by atoms with Crippen LogP contribution in [0.1, 0.15) is 35.2 Å². The number of piperidine rings is 1. The SMILES string of the molecule is CN1CCN(c2ccc(-c3cc(C(=O)NCCC(=O)NC4CCN(Cc5ccccc5)CC4)c4ccccc4n3)cc2)CC1. The van der Waals surface area contributed by atoms with Gasteiger partial charge in [0.25, 0.3) is 5.91 Å². The molecule has 8 nitrogen and oxygen atoms in total. The third-order valence-corrected chi connectivity index (χ3v) is 8.83. The van der Waals surface area contributed by atoms with Gasteiger partial charge in [0, 0.05) is 81.5 Å². The molecule has 8 heteroatoms. The van der Waals surface area contributed by atoms with Crippen molar-refractivity contribution in [2.24, 2.45) is 0 Å². The molecule has 44 heavy (non-hydrogen) atoms. The summed E-state index contributed by atoms with van der Waals surface area (Å²) in [4.78, 5) is 38.2. The molecule has 6 rings (SSSR count). The van der Waals surface area contributed by atoms with Gasteiger partial charge in [0.1, 0.15) is 0 Å². The highest BCUT2D eigenvalue weighted by Gasteiger charge is 2.21. The number of amides is 2. The van der Waals surface area contributed by atoms with Crippen molar-refractivity contribution in [1.29, 1.82) is 0 Å². The highest BCUT2D eigenvalue weighted by Crippen LogP contribution is 2.27. The van der Waals surface area contributed by atoms with Gasteiger partial charge in [-0.15, -0.1) is 0 Å². The standard InChI is InChI=1S/C36H42N6O2/c1-40-21-23-42(24-22-40)30-13-11-28(12-14-30)34-25-32(31-9-5-6-10-33(31)39-34)36(44)37-18-15-35(43)38-29-16-19-41(20-17-29)26-27-7-3-2-4-8-27/h2-14,25,29H,15-24,26H2,1H3,(H,37,44)(H,38,43). The Labute approximate surface area is 260 Å². The summed E-state index contributed by atoms with van der Waals surface area (Å²) in [5.74, 6) is -0.214. The molecule has 2 amide bonds. The fourth-order valence-electron chi connectivity index (χ4n) is 6.18. The van der Waals surface area contributed by atoms with Crippen molar-refractivity contribution in [3.05, 3.63) is 96.1 Å². The lowest BCUT2D eigenvalue weighted by Gasteiger charge is -2.34. The van der Waals surface area contributed by atoms with Crippen LogP contribution in [-0.2, 0) is 11.3 Å². The molecule has 2 aliphatic heterocycles. The predicted octanol–water partition coefficient (Wildman–Crippen LogP) is 4.55. The molecule has 2 aliphatic rings. The van der Waals surface area contributed by atoms with Crippen LogP contribution >= 0.6 is 0 Å². The Bertz CT molecular complexity index is 1560. The van der Waals surface area contributed by atoms with E-state index >= 15 is 0 Å². The van der Waals surface area contributed by atoms with Gasteiger partial charge in [0.15, 0.2) is 0 Å². The van der Waals surface area contributed by atoms with E-state index < -0.39 is 0 Å². The molecule has 4 aromatic rings. The molecule has 0 spiro atoms. The Morgan fingerprint density at radius 1 is 0.841 bits per heavy atom. The molecule has 2 N–H and O–H groups in total. The van der Waals surface area contributed by atoms with Crippen molar-refractivity contribution < 1.29 is 9.59 Å². The summed E-state index contributed by atoms with van der Waals surface area (Å²) in [6, 6.07) is 28.7. The molecule has 2 fully saturated rings. The zero-order chi connectivity index (χ0) is 30.3. The first kappa shape index (κ1) is 29.8. The molecule has 2 saturated heterocycles. The number of pyridine rings is 1. The smallest absolute Gasteiger partial charge is 0.252 e. The van der Waals surface area contributed by atoms with Gasteiger partial charge in [-0.2, -0.15) is 0 Å². The highest BCUT2D eigenvalue weighted by molar-refractivity contribution is 6.07. The minimum atomic E-state index is -0.194. The van der Waals surface area contributed by atoms with Crippen LogP contribution in [0.25, 0.3) is 22.2 Å². The van der Waals surface area contributed by atoms with Crippen molar-refractivity contribution >= 4 is 28.4 Å². The largest absolute Gasteiger partial charge is 0.369 e. The maximum Gasteiger partial charge on any atom is 0.252 e. The normalized spacial score (nSPS) is 16.6. The topological polar surface area (TPSA) is 80.8 Å². The van der Waals surface area contributed by atoms with E-state index in [4.69, 9.17) is 4.98 Å². The van der Waals surface area contributed by atoms with E-state index in [-0.39, 0.29) is 30.8 Å². The van der Waals surface area contributed by atoms with Gasteiger partial charge in [0.05, 0.1) is 16.8 Å². The minimum absolute atomic E-state index is 0.0208. The van der Waals surface area contributed by atoms with Gasteiger partial charge in [-0.05, 0) is 49.7 Å². The van der Waals surface area contributed by atoms with Gasteiger partial charge >= 0.3 is 0 Å². The maximum atomic E-state index is 13.4. The van der Waals surface area contributed by atoms with E-state index in [1.165, 1.54) is 11.3 Å². The number of hydrogen-bond acceptors (Lipinski definition) is 6. The summed E-state index contributed by atoms with van der Waals surface area (Å²) in [5.41, 5.74) is 5.59. The molecule has 0 bridgehead atoms. The van der Waals surface area contributed by atoms with Crippen LogP contribution < -0.4 is 15.5 Å². The Morgan fingerprint density at radius 2 is 1.55 bits per heavy atom. The van der Waals surface area contributed by atoms with Crippen LogP contribution in [0.2, 0.25) is 0 Å². The van der Waals surface area contributed by atoms with E-state index in [2.05, 4.69) is 80.9 Å². The van der Waals surface area contributed by atoms with Crippen LogP contribution in [0.15, 0.2) is 84.9 Å². The molecule has 3 aromatic carbocycles. The Balaban J connectivity index is 1.03. The van der Waals surface area contributed by atoms with Crippen molar-refractivity contribution in [1.82, 2.24) is 25.4 Å². The Morgan fingerprint density at radius 3 is 2.30 bits per heavy atom. The molecule has 3 heterocycles. The lowest BCUT2D eigenvalue weighted by Crippen LogP contribution is -2.45. The molecule has 0 unspecified atom stereocenters. The number of likely N-dealkylation sites (tertiary alicyclic amines) is 1. The summed E-state index contributed by atoms with van der Waals surface area (Å²) in [6.07, 6.45) is 2.12. The van der Waals surface area contributed by atoms with Crippen LogP contribution in [-0.4, -0.2) is 85.5 Å². The molecule has 0 radical (unpaired) electrons. The second kappa shape index (κ2) is 14.0. The Hall–Kier alpha value is -4.27. The number of carbonyl (C=O) groups excluding carboxylic acids is 2. The number of benzene rings is 3. The molecular weight excluding hydrogens is 548 g/mol. The number of nitrogens with zero attached hydrogens (tertiary/aromatic N) is 4. The molecule has 0 atom stereocenters. The lowest BCUT2D eigenvalue weighted by atomic mass is 10.0. The zero-order valence-corrected chi connectivity index (χ0v) is 25.5. The number of nitrogens with one attached hydrogen (secondary N) is 2. The van der Waals surface area contributed by atoms with E-state index in [0.717, 1.165) is 80.8 Å². The molecule has 0 aliphatic carbocycles. The third kappa shape index (κ3) is 7.44. The first-order valence-electron chi connectivity index (χ1n) is 15.8. The second-order valence-corrected chi connectivity index (χ2v) is 12.0. The van der Waals surface area contributed by atoms with Gasteiger partial charge in [-0.3, -0.25) is 14.5 Å². The number of rotatable bonds is 9. The number of likely N-dealkylation sites (N-methyl/N-ethyl adjacent to an activating group) is 1. The van der Waals surface area contributed by atoms with Gasteiger partial charge in [0.2, 0.25) is 5.91 Å². The van der Waals surface area contributed by atoms with Crippen molar-refractivity contribution in [2.45, 2.75) is 31.8 Å². The highest BCUT2D eigenvalue weighted by atomic mass is 16.2. The maximum absolute atomic E-state index is 13.4. The quantitative estimate of drug-likeness (QED) is 0.298. The molecule has 228 valence electrons. The number of hydrogen-bond donors (Lipinski definition) is 2. The van der Waals surface area contributed by atoms with E-state index in [1.807, 2.05) is 36.4 Å². The van der Waals surface area contributed by atoms with Crippen molar-refractivity contribution in [3.8, 4) is 11.3 Å². The fraction of sp³-hybridized carbons (Fsp3) is 0.361. The monoisotopic (exact) mass is 590 g/mol. The van der Waals surface area contributed by atoms with Crippen molar-refractivity contribution in [2.75, 3.05) is 57.8 Å². The van der Waals surface area contributed by atoms with Crippen LogP contribution in [0.5, 0.6) is 0 Å². The van der Waals surface area contributed by atoms with E-state index in [9.17, 15) is 9.59 Å². The number of piperazine rings is 1. The number of aromatic nitrogens is 1. The first-order chi connectivity index (χ1) is 21.5. The second-order valence-electron chi connectivity index (χ2n) is 12.0. The number of para-hydroxylation sites is 1. The van der Waals surface area contributed by atoms with E-state index in [1.54, 1.807) is 0 Å². The molecule has 1 aromatic heterocycles. The number of fused-ring (bicyclic) bond motifs is 1. The summed E-state index contributed by atoms with van der Waals surface area (Å²) in [6.45, 7) is 7.30. The number of carbonyl (C=O) groups is 2.